The largest absolute Gasteiger partial charge is 0.349 e. The van der Waals surface area contributed by atoms with E-state index in [0.29, 0.717) is 5.56 Å². The topological polar surface area (TPSA) is 72.2 Å². The summed E-state index contributed by atoms with van der Waals surface area (Å²) in [6.45, 7) is 0. The third-order valence-corrected chi connectivity index (χ3v) is 5.16. The Morgan fingerprint density at radius 3 is 2.00 bits per heavy atom. The summed E-state index contributed by atoms with van der Waals surface area (Å²) in [4.78, 5) is 22.8. The van der Waals surface area contributed by atoms with Crippen molar-refractivity contribution in [3.8, 4) is 0 Å². The molecule has 0 atom stereocenters. The molecule has 1 aromatic carbocycles. The molecule has 1 amide bonds. The monoisotopic (exact) mass is 366 g/mol. The maximum atomic E-state index is 12.5. The van der Waals surface area contributed by atoms with Crippen LogP contribution in [0.2, 0.25) is 5.02 Å². The molecule has 0 heterocycles. The normalized spacial score (nSPS) is 18.0. The molecule has 0 aliphatic heterocycles. The van der Waals surface area contributed by atoms with Gasteiger partial charge in [0.25, 0.3) is 11.6 Å². The van der Waals surface area contributed by atoms with E-state index >= 15 is 0 Å². The zero-order chi connectivity index (χ0) is 18.1. The van der Waals surface area contributed by atoms with Gasteiger partial charge in [-0.15, -0.1) is 0 Å². The van der Waals surface area contributed by atoms with Gasteiger partial charge in [0.15, 0.2) is 0 Å². The second kappa shape index (κ2) is 10.4. The second-order valence-corrected chi connectivity index (χ2v) is 7.26. The molecule has 138 valence electrons. The van der Waals surface area contributed by atoms with Crippen LogP contribution in [0.15, 0.2) is 18.2 Å². The zero-order valence-corrected chi connectivity index (χ0v) is 15.4. The van der Waals surface area contributed by atoms with Crippen LogP contribution in [0.3, 0.4) is 0 Å². The average Bonchev–Trinajstić information content (AvgIpc) is 2.57. The van der Waals surface area contributed by atoms with Crippen LogP contribution in [-0.4, -0.2) is 16.9 Å². The van der Waals surface area contributed by atoms with Gasteiger partial charge in [0.2, 0.25) is 0 Å². The third kappa shape index (κ3) is 6.65. The smallest absolute Gasteiger partial charge is 0.270 e. The van der Waals surface area contributed by atoms with Gasteiger partial charge in [-0.2, -0.15) is 0 Å². The molecule has 0 saturated heterocycles. The van der Waals surface area contributed by atoms with Gasteiger partial charge >= 0.3 is 0 Å². The van der Waals surface area contributed by atoms with Crippen LogP contribution in [0, 0.1) is 10.1 Å². The highest BCUT2D eigenvalue weighted by Crippen LogP contribution is 2.23. The number of non-ortho nitro benzene ring substituents is 1. The van der Waals surface area contributed by atoms with Gasteiger partial charge < -0.3 is 5.32 Å². The van der Waals surface area contributed by atoms with Gasteiger partial charge in [0.05, 0.1) is 15.5 Å². The lowest BCUT2D eigenvalue weighted by Gasteiger charge is -2.20. The van der Waals surface area contributed by atoms with Gasteiger partial charge in [-0.1, -0.05) is 69.4 Å². The van der Waals surface area contributed by atoms with E-state index in [2.05, 4.69) is 5.32 Å². The molecule has 0 unspecified atom stereocenters. The van der Waals surface area contributed by atoms with E-state index in [0.717, 1.165) is 25.7 Å². The molecule has 1 aliphatic rings. The Morgan fingerprint density at radius 1 is 1.00 bits per heavy atom. The highest BCUT2D eigenvalue weighted by atomic mass is 35.5. The Hall–Kier alpha value is -1.62. The van der Waals surface area contributed by atoms with Gasteiger partial charge in [0, 0.05) is 18.2 Å². The van der Waals surface area contributed by atoms with Crippen LogP contribution in [0.4, 0.5) is 5.69 Å². The first-order valence-electron chi connectivity index (χ1n) is 9.33. The number of hydrogen-bond acceptors (Lipinski definition) is 3. The first kappa shape index (κ1) is 19.7. The van der Waals surface area contributed by atoms with Gasteiger partial charge in [-0.25, -0.2) is 0 Å². The summed E-state index contributed by atoms with van der Waals surface area (Å²) < 4.78 is 0. The molecule has 0 bridgehead atoms. The first-order chi connectivity index (χ1) is 12.1. The molecule has 25 heavy (non-hydrogen) atoms. The zero-order valence-electron chi connectivity index (χ0n) is 14.6. The van der Waals surface area contributed by atoms with Gasteiger partial charge in [-0.3, -0.25) is 14.9 Å². The van der Waals surface area contributed by atoms with Crippen LogP contribution >= 0.6 is 11.6 Å². The Bertz CT molecular complexity index is 580. The lowest BCUT2D eigenvalue weighted by molar-refractivity contribution is -0.384. The fourth-order valence-electron chi connectivity index (χ4n) is 3.37. The Balaban J connectivity index is 1.97. The molecule has 1 saturated carbocycles. The van der Waals surface area contributed by atoms with Gasteiger partial charge in [-0.05, 0) is 18.9 Å². The number of hydrogen-bond donors (Lipinski definition) is 1. The summed E-state index contributed by atoms with van der Waals surface area (Å²) in [6.07, 6.45) is 13.2. The maximum absolute atomic E-state index is 12.5. The third-order valence-electron chi connectivity index (χ3n) is 4.85. The Morgan fingerprint density at radius 2 is 1.52 bits per heavy atom. The lowest BCUT2D eigenvalue weighted by atomic mass is 9.97. The summed E-state index contributed by atoms with van der Waals surface area (Å²) in [5.41, 5.74) is 0.200. The first-order valence-corrected chi connectivity index (χ1v) is 9.70. The number of rotatable bonds is 3. The predicted octanol–water partition coefficient (Wildman–Crippen LogP) is 5.65. The van der Waals surface area contributed by atoms with Crippen LogP contribution in [-0.2, 0) is 0 Å². The van der Waals surface area contributed by atoms with Crippen molar-refractivity contribution in [1.29, 1.82) is 0 Å². The number of nitro groups is 1. The molecular weight excluding hydrogens is 340 g/mol. The Labute approximate surface area is 154 Å². The molecule has 0 spiro atoms. The van der Waals surface area contributed by atoms with Crippen LogP contribution in [0.1, 0.15) is 81.0 Å². The Kier molecular flexibility index (Phi) is 8.19. The van der Waals surface area contributed by atoms with E-state index in [1.165, 1.54) is 63.1 Å². The molecule has 1 aromatic rings. The number of halogens is 1. The molecule has 1 fully saturated rings. The quantitative estimate of drug-likeness (QED) is 0.554. The lowest BCUT2D eigenvalue weighted by Crippen LogP contribution is -2.35. The number of carbonyl (C=O) groups excluding carboxylic acids is 1. The highest BCUT2D eigenvalue weighted by Gasteiger charge is 2.18. The van der Waals surface area contributed by atoms with E-state index in [-0.39, 0.29) is 22.7 Å². The van der Waals surface area contributed by atoms with Crippen molar-refractivity contribution in [3.05, 3.63) is 38.9 Å². The second-order valence-electron chi connectivity index (χ2n) is 6.85. The minimum Gasteiger partial charge on any atom is -0.349 e. The summed E-state index contributed by atoms with van der Waals surface area (Å²) in [5, 5.41) is 14.0. The average molecular weight is 367 g/mol. The van der Waals surface area contributed by atoms with Gasteiger partial charge in [0.1, 0.15) is 0 Å². The molecule has 2 rings (SSSR count). The summed E-state index contributed by atoms with van der Waals surface area (Å²) >= 11 is 6.07. The SMILES string of the molecule is O=C(NC1CCCCCCCCCCC1)c1ccc([N+](=O)[O-])cc1Cl. The molecule has 6 heteroatoms. The minimum absolute atomic E-state index is 0.104. The fraction of sp³-hybridized carbons (Fsp3) is 0.632. The molecule has 5 nitrogen and oxygen atoms in total. The molecule has 0 radical (unpaired) electrons. The predicted molar refractivity (Wildman–Crippen MR) is 100 cm³/mol. The fourth-order valence-corrected chi connectivity index (χ4v) is 3.63. The summed E-state index contributed by atoms with van der Waals surface area (Å²) in [7, 11) is 0. The van der Waals surface area contributed by atoms with E-state index in [1.807, 2.05) is 0 Å². The number of benzene rings is 1. The van der Waals surface area contributed by atoms with E-state index in [9.17, 15) is 14.9 Å². The minimum atomic E-state index is -0.513. The van der Waals surface area contributed by atoms with Crippen LogP contribution in [0.25, 0.3) is 0 Å². The number of nitrogens with zero attached hydrogens (tertiary/aromatic N) is 1. The van der Waals surface area contributed by atoms with Crippen molar-refractivity contribution in [2.45, 2.75) is 76.7 Å². The number of nitrogens with one attached hydrogen (secondary N) is 1. The number of carbonyl (C=O) groups is 1. The summed E-state index contributed by atoms with van der Waals surface area (Å²) in [5.74, 6) is -0.239. The summed E-state index contributed by atoms with van der Waals surface area (Å²) in [6, 6.07) is 4.14. The van der Waals surface area contributed by atoms with Crippen molar-refractivity contribution in [2.24, 2.45) is 0 Å². The number of amides is 1. The van der Waals surface area contributed by atoms with Crippen LogP contribution < -0.4 is 5.32 Å². The standard InChI is InChI=1S/C19H27ClN2O3/c20-18-14-16(22(24)25)12-13-17(18)19(23)21-15-10-8-6-4-2-1-3-5-7-9-11-15/h12-15H,1-11H2,(H,21,23). The van der Waals surface area contributed by atoms with Crippen molar-refractivity contribution < 1.29 is 9.72 Å². The molecular formula is C19H27ClN2O3. The van der Waals surface area contributed by atoms with E-state index in [4.69, 9.17) is 11.6 Å². The number of nitro benzene ring substituents is 1. The van der Waals surface area contributed by atoms with E-state index in [1.54, 1.807) is 0 Å². The van der Waals surface area contributed by atoms with Crippen molar-refractivity contribution in [2.75, 3.05) is 0 Å². The molecule has 1 N–H and O–H groups in total. The van der Waals surface area contributed by atoms with Crippen molar-refractivity contribution in [3.63, 3.8) is 0 Å². The highest BCUT2D eigenvalue weighted by molar-refractivity contribution is 6.34. The van der Waals surface area contributed by atoms with Crippen LogP contribution in [0.5, 0.6) is 0 Å². The van der Waals surface area contributed by atoms with Crippen molar-refractivity contribution in [1.82, 2.24) is 5.32 Å². The molecule has 1 aliphatic carbocycles. The van der Waals surface area contributed by atoms with Crippen molar-refractivity contribution >= 4 is 23.2 Å². The molecule has 0 aromatic heterocycles. The van der Waals surface area contributed by atoms with E-state index < -0.39 is 4.92 Å². The maximum Gasteiger partial charge on any atom is 0.270 e.